The Bertz CT molecular complexity index is 115. The first-order chi connectivity index (χ1) is 4.00. The maximum Gasteiger partial charge on any atom is 0 e. The van der Waals surface area contributed by atoms with Gasteiger partial charge in [0.2, 0.25) is 0 Å². The summed E-state index contributed by atoms with van der Waals surface area (Å²) in [6, 6.07) is 0. The minimum absolute atomic E-state index is 0. The van der Waals surface area contributed by atoms with E-state index < -0.39 is 0 Å². The fourth-order valence-corrected chi connectivity index (χ4v) is 4.85. The quantitative estimate of drug-likeness (QED) is 0.465. The normalized spacial score (nSPS) is 90.0. The fraction of sp³-hybridized carbons (Fsp3) is 0.875. The number of hydrogen-bond donors (Lipinski definition) is 0. The summed E-state index contributed by atoms with van der Waals surface area (Å²) < 4.78 is 0. The van der Waals surface area contributed by atoms with E-state index >= 15 is 0 Å². The summed E-state index contributed by atoms with van der Waals surface area (Å²) in [7, 11) is 0. The van der Waals surface area contributed by atoms with E-state index in [-0.39, 0.29) is 16.8 Å². The van der Waals surface area contributed by atoms with E-state index in [0.717, 1.165) is 0 Å². The van der Waals surface area contributed by atoms with E-state index in [1.807, 2.05) is 5.92 Å². The van der Waals surface area contributed by atoms with Crippen molar-refractivity contribution in [3.63, 3.8) is 0 Å². The molecule has 0 atom stereocenters. The monoisotopic (exact) mass is 162 g/mol. The van der Waals surface area contributed by atoms with Gasteiger partial charge in [0.25, 0.3) is 0 Å². The number of hydrogen-bond acceptors (Lipinski definition) is 0. The van der Waals surface area contributed by atoms with E-state index in [9.17, 15) is 0 Å². The zero-order valence-electron chi connectivity index (χ0n) is 4.87. The van der Waals surface area contributed by atoms with E-state index in [1.165, 1.54) is 41.4 Å². The van der Waals surface area contributed by atoms with Gasteiger partial charge in [-0.15, -0.1) is 0 Å². The maximum absolute atomic E-state index is 2.05. The van der Waals surface area contributed by atoms with Crippen molar-refractivity contribution in [3.8, 4) is 0 Å². The molecule has 0 N–H and O–H groups in total. The molecule has 0 aromatic rings. The molecule has 0 aliphatic heterocycles. The van der Waals surface area contributed by atoms with Gasteiger partial charge in [-0.05, 0) is 5.92 Å². The van der Waals surface area contributed by atoms with Crippen LogP contribution in [0, 0.1) is 47.3 Å². The molecule has 0 aromatic carbocycles. The molecule has 0 aromatic heterocycles. The van der Waals surface area contributed by atoms with Crippen LogP contribution in [0.3, 0.4) is 0 Å². The smallest absolute Gasteiger partial charge is 0 e. The van der Waals surface area contributed by atoms with Crippen molar-refractivity contribution in [1.82, 2.24) is 0 Å². The zero-order valence-corrected chi connectivity index (χ0v) is 5.92. The molecule has 6 saturated carbocycles. The van der Waals surface area contributed by atoms with E-state index in [1.54, 1.807) is 0 Å². The topological polar surface area (TPSA) is 0 Å². The Morgan fingerprint density at radius 1 is 0.667 bits per heavy atom. The van der Waals surface area contributed by atoms with Crippen LogP contribution in [-0.2, 0) is 16.8 Å². The summed E-state index contributed by atoms with van der Waals surface area (Å²) in [5, 5.41) is 0. The predicted molar refractivity (Wildman–Crippen MR) is 27.7 cm³/mol. The minimum atomic E-state index is 0. The molecule has 0 saturated heterocycles. The van der Waals surface area contributed by atoms with Crippen LogP contribution < -0.4 is 0 Å². The first-order valence-electron chi connectivity index (χ1n) is 3.87. The molecular weight excluding hydrogens is 155 g/mol. The molecule has 6 aliphatic rings. The Balaban J connectivity index is 0.000000288. The first-order valence-corrected chi connectivity index (χ1v) is 3.87. The van der Waals surface area contributed by atoms with Crippen LogP contribution in [0.4, 0.5) is 0 Å². The molecule has 0 spiro atoms. The average Bonchev–Trinajstić information content (AvgIpc) is 1.90. The first kappa shape index (κ1) is 4.40. The average molecular weight is 162 g/mol. The minimum Gasteiger partial charge on any atom is -0.303 e. The summed E-state index contributed by atoms with van der Waals surface area (Å²) in [6.07, 6.45) is 0. The summed E-state index contributed by atoms with van der Waals surface area (Å²) in [6.45, 7) is 0. The van der Waals surface area contributed by atoms with Crippen molar-refractivity contribution >= 4 is 0 Å². The van der Waals surface area contributed by atoms with Crippen LogP contribution in [0.2, 0.25) is 0 Å². The Kier molecular flexibility index (Phi) is 0.390. The second-order valence-corrected chi connectivity index (χ2v) is 4.39. The Labute approximate surface area is 64.6 Å². The van der Waals surface area contributed by atoms with Crippen molar-refractivity contribution in [2.45, 2.75) is 0 Å². The van der Waals surface area contributed by atoms with Crippen molar-refractivity contribution in [2.75, 3.05) is 0 Å². The molecular formula is C8H7Co-. The fourth-order valence-electron chi connectivity index (χ4n) is 4.85. The van der Waals surface area contributed by atoms with Gasteiger partial charge in [0.15, 0.2) is 0 Å². The second-order valence-electron chi connectivity index (χ2n) is 4.39. The third-order valence-electron chi connectivity index (χ3n) is 4.98. The van der Waals surface area contributed by atoms with Crippen molar-refractivity contribution in [1.29, 1.82) is 0 Å². The van der Waals surface area contributed by atoms with Gasteiger partial charge in [0.1, 0.15) is 0 Å². The van der Waals surface area contributed by atoms with Gasteiger partial charge in [-0.2, -0.15) is 17.8 Å². The van der Waals surface area contributed by atoms with Crippen molar-refractivity contribution < 1.29 is 16.8 Å². The third kappa shape index (κ3) is 0.153. The molecule has 0 amide bonds. The summed E-state index contributed by atoms with van der Waals surface area (Å²) in [5.74, 6) is 11.0. The van der Waals surface area contributed by atoms with Gasteiger partial charge in [0.05, 0.1) is 0 Å². The molecule has 1 radical (unpaired) electrons. The van der Waals surface area contributed by atoms with Crippen molar-refractivity contribution in [2.24, 2.45) is 41.4 Å². The van der Waals surface area contributed by atoms with Gasteiger partial charge < -0.3 is 5.92 Å². The SMILES string of the molecule is [C-]12C3C4C1C1C2C3C41.[Co]. The Hall–Kier alpha value is 0.506. The molecule has 6 fully saturated rings. The predicted octanol–water partition coefficient (Wildman–Crippen LogP) is 0.940. The Morgan fingerprint density at radius 2 is 1.11 bits per heavy atom. The molecule has 1 heteroatoms. The molecule has 6 aliphatic carbocycles. The molecule has 9 heavy (non-hydrogen) atoms. The van der Waals surface area contributed by atoms with Gasteiger partial charge in [-0.25, -0.2) is 0 Å². The van der Waals surface area contributed by atoms with Crippen LogP contribution in [-0.4, -0.2) is 0 Å². The summed E-state index contributed by atoms with van der Waals surface area (Å²) in [5.41, 5.74) is 0. The van der Waals surface area contributed by atoms with E-state index in [4.69, 9.17) is 0 Å². The van der Waals surface area contributed by atoms with Gasteiger partial charge in [-0.3, -0.25) is 0 Å². The molecule has 0 bridgehead atoms. The molecule has 49 valence electrons. The molecule has 6 rings (SSSR count). The standard InChI is InChI=1S/C8H7.Co/c1-2-5-3(1)7-4(1)6(2)8(5)7;/h1-7H;/q-1;. The number of rotatable bonds is 0. The van der Waals surface area contributed by atoms with Crippen LogP contribution in [0.1, 0.15) is 0 Å². The molecule has 0 unspecified atom stereocenters. The van der Waals surface area contributed by atoms with Crippen LogP contribution >= 0.6 is 0 Å². The van der Waals surface area contributed by atoms with Crippen molar-refractivity contribution in [3.05, 3.63) is 5.92 Å². The summed E-state index contributed by atoms with van der Waals surface area (Å²) >= 11 is 0. The molecule has 0 nitrogen and oxygen atoms in total. The van der Waals surface area contributed by atoms with Gasteiger partial charge in [0, 0.05) is 16.8 Å². The molecule has 0 heterocycles. The van der Waals surface area contributed by atoms with Crippen LogP contribution in [0.25, 0.3) is 0 Å². The van der Waals surface area contributed by atoms with Crippen LogP contribution in [0.15, 0.2) is 0 Å². The van der Waals surface area contributed by atoms with Gasteiger partial charge >= 0.3 is 0 Å². The summed E-state index contributed by atoms with van der Waals surface area (Å²) in [4.78, 5) is 0. The zero-order chi connectivity index (χ0) is 4.62. The largest absolute Gasteiger partial charge is 0.303 e. The second kappa shape index (κ2) is 0.798. The van der Waals surface area contributed by atoms with Crippen LogP contribution in [0.5, 0.6) is 0 Å². The van der Waals surface area contributed by atoms with E-state index in [2.05, 4.69) is 0 Å². The van der Waals surface area contributed by atoms with E-state index in [0.29, 0.717) is 0 Å². The third-order valence-corrected chi connectivity index (χ3v) is 4.98. The maximum atomic E-state index is 2.05. The van der Waals surface area contributed by atoms with Gasteiger partial charge in [-0.1, -0.05) is 17.8 Å². The Morgan fingerprint density at radius 3 is 1.22 bits per heavy atom.